The zero-order valence-corrected chi connectivity index (χ0v) is 7.37. The molecule has 1 saturated carbocycles. The second kappa shape index (κ2) is 3.36. The van der Waals surface area contributed by atoms with Crippen LogP contribution >= 0.6 is 0 Å². The average molecular weight is 197 g/mol. The first-order valence-corrected chi connectivity index (χ1v) is 4.38. The highest BCUT2D eigenvalue weighted by Gasteiger charge is 2.19. The Morgan fingerprint density at radius 1 is 1.36 bits per heavy atom. The maximum atomic E-state index is 12.8. The van der Waals surface area contributed by atoms with E-state index in [1.165, 1.54) is 6.21 Å². The number of aliphatic imine (C=N–C) groups is 1. The van der Waals surface area contributed by atoms with Crippen molar-refractivity contribution in [1.82, 2.24) is 0 Å². The van der Waals surface area contributed by atoms with Gasteiger partial charge in [-0.25, -0.2) is 8.78 Å². The van der Waals surface area contributed by atoms with E-state index in [0.29, 0.717) is 6.07 Å². The van der Waals surface area contributed by atoms with E-state index in [1.807, 2.05) is 0 Å². The lowest BCUT2D eigenvalue weighted by Gasteiger charge is -2.00. The monoisotopic (exact) mass is 197 g/mol. The molecule has 14 heavy (non-hydrogen) atoms. The fraction of sp³-hybridized carbons (Fsp3) is 0.300. The Morgan fingerprint density at radius 2 is 2.07 bits per heavy atom. The molecule has 0 aliphatic heterocycles. The summed E-state index contributed by atoms with van der Waals surface area (Å²) in [5, 5.41) is 9.22. The molecular weight excluding hydrogens is 188 g/mol. The van der Waals surface area contributed by atoms with Gasteiger partial charge >= 0.3 is 0 Å². The minimum Gasteiger partial charge on any atom is -0.504 e. The molecule has 0 saturated heterocycles. The van der Waals surface area contributed by atoms with Crippen molar-refractivity contribution in [2.45, 2.75) is 18.9 Å². The van der Waals surface area contributed by atoms with E-state index < -0.39 is 17.4 Å². The highest BCUT2D eigenvalue weighted by molar-refractivity contribution is 5.83. The van der Waals surface area contributed by atoms with Crippen molar-refractivity contribution in [2.24, 2.45) is 4.99 Å². The lowest BCUT2D eigenvalue weighted by atomic mass is 10.2. The van der Waals surface area contributed by atoms with Gasteiger partial charge in [0.1, 0.15) is 5.82 Å². The van der Waals surface area contributed by atoms with Gasteiger partial charge in [-0.15, -0.1) is 0 Å². The number of aromatic hydroxyl groups is 1. The zero-order chi connectivity index (χ0) is 10.1. The number of phenolic OH excluding ortho intramolecular Hbond substituents is 1. The number of benzene rings is 1. The van der Waals surface area contributed by atoms with Gasteiger partial charge in [0.15, 0.2) is 11.6 Å². The third-order valence-electron chi connectivity index (χ3n) is 2.03. The summed E-state index contributed by atoms with van der Waals surface area (Å²) in [5.74, 6) is -2.21. The summed E-state index contributed by atoms with van der Waals surface area (Å²) in [6, 6.07) is 1.97. The second-order valence-electron chi connectivity index (χ2n) is 3.33. The second-order valence-corrected chi connectivity index (χ2v) is 3.33. The van der Waals surface area contributed by atoms with Crippen molar-refractivity contribution in [1.29, 1.82) is 0 Å². The molecule has 1 aliphatic carbocycles. The van der Waals surface area contributed by atoms with Crippen LogP contribution in [0, 0.1) is 11.6 Å². The molecule has 0 spiro atoms. The number of nitrogens with zero attached hydrogens (tertiary/aromatic N) is 1. The van der Waals surface area contributed by atoms with Crippen LogP contribution in [0.15, 0.2) is 17.1 Å². The molecule has 2 rings (SSSR count). The smallest absolute Gasteiger partial charge is 0.168 e. The summed E-state index contributed by atoms with van der Waals surface area (Å²) < 4.78 is 25.6. The Hall–Kier alpha value is -1.45. The third-order valence-corrected chi connectivity index (χ3v) is 2.03. The molecular formula is C10H9F2NO. The highest BCUT2D eigenvalue weighted by Crippen LogP contribution is 2.25. The van der Waals surface area contributed by atoms with Crippen LogP contribution in [0.1, 0.15) is 18.4 Å². The average Bonchev–Trinajstić information content (AvgIpc) is 2.92. The Kier molecular flexibility index (Phi) is 2.19. The van der Waals surface area contributed by atoms with E-state index >= 15 is 0 Å². The number of halogens is 2. The molecule has 2 nitrogen and oxygen atoms in total. The Balaban J connectivity index is 2.30. The molecule has 0 atom stereocenters. The maximum absolute atomic E-state index is 12.8. The predicted octanol–water partition coefficient (Wildman–Crippen LogP) is 2.25. The number of hydrogen-bond donors (Lipinski definition) is 1. The Morgan fingerprint density at radius 3 is 2.71 bits per heavy atom. The largest absolute Gasteiger partial charge is 0.504 e. The summed E-state index contributed by atoms with van der Waals surface area (Å²) in [7, 11) is 0. The van der Waals surface area contributed by atoms with Gasteiger partial charge in [-0.2, -0.15) is 0 Å². The molecule has 0 unspecified atom stereocenters. The number of phenols is 1. The van der Waals surface area contributed by atoms with E-state index in [9.17, 15) is 13.9 Å². The molecule has 1 aliphatic rings. The Labute approximate surface area is 79.9 Å². The van der Waals surface area contributed by atoms with Crippen LogP contribution in [0.4, 0.5) is 8.78 Å². The molecule has 0 radical (unpaired) electrons. The molecule has 0 heterocycles. The standard InChI is InChI=1S/C10H9F2NO/c11-7-3-6(5-13-8-1-2-8)10(14)9(12)4-7/h3-5,8,14H,1-2H2. The fourth-order valence-electron chi connectivity index (χ4n) is 1.09. The van der Waals surface area contributed by atoms with Gasteiger partial charge in [0, 0.05) is 17.8 Å². The summed E-state index contributed by atoms with van der Waals surface area (Å²) in [4.78, 5) is 4.03. The van der Waals surface area contributed by atoms with Crippen LogP contribution in [-0.4, -0.2) is 17.4 Å². The minimum atomic E-state index is -0.956. The van der Waals surface area contributed by atoms with E-state index in [2.05, 4.69) is 4.99 Å². The van der Waals surface area contributed by atoms with Gasteiger partial charge in [0.05, 0.1) is 6.04 Å². The van der Waals surface area contributed by atoms with E-state index in [0.717, 1.165) is 18.9 Å². The lowest BCUT2D eigenvalue weighted by molar-refractivity contribution is 0.427. The van der Waals surface area contributed by atoms with Crippen molar-refractivity contribution in [3.63, 3.8) is 0 Å². The lowest BCUT2D eigenvalue weighted by Crippen LogP contribution is -1.90. The van der Waals surface area contributed by atoms with Gasteiger partial charge in [0.25, 0.3) is 0 Å². The van der Waals surface area contributed by atoms with Gasteiger partial charge in [0.2, 0.25) is 0 Å². The van der Waals surface area contributed by atoms with E-state index in [4.69, 9.17) is 0 Å². The fourth-order valence-corrected chi connectivity index (χ4v) is 1.09. The summed E-state index contributed by atoms with van der Waals surface area (Å²) >= 11 is 0. The van der Waals surface area contributed by atoms with Crippen molar-refractivity contribution in [3.8, 4) is 5.75 Å². The highest BCUT2D eigenvalue weighted by atomic mass is 19.1. The van der Waals surface area contributed by atoms with Gasteiger partial charge in [-0.3, -0.25) is 4.99 Å². The molecule has 74 valence electrons. The third kappa shape index (κ3) is 1.89. The SMILES string of the molecule is Oc1c(F)cc(F)cc1C=NC1CC1. The summed E-state index contributed by atoms with van der Waals surface area (Å²) in [6.07, 6.45) is 3.34. The normalized spacial score (nSPS) is 16.4. The summed E-state index contributed by atoms with van der Waals surface area (Å²) in [5.41, 5.74) is 0.0920. The van der Waals surface area contributed by atoms with Crippen LogP contribution in [0.25, 0.3) is 0 Å². The molecule has 0 amide bonds. The van der Waals surface area contributed by atoms with Crippen LogP contribution in [-0.2, 0) is 0 Å². The van der Waals surface area contributed by atoms with Crippen molar-refractivity contribution in [3.05, 3.63) is 29.3 Å². The maximum Gasteiger partial charge on any atom is 0.168 e. The molecule has 1 N–H and O–H groups in total. The van der Waals surface area contributed by atoms with Crippen molar-refractivity contribution < 1.29 is 13.9 Å². The summed E-state index contributed by atoms with van der Waals surface area (Å²) in [6.45, 7) is 0. The molecule has 0 bridgehead atoms. The minimum absolute atomic E-state index is 0.0920. The van der Waals surface area contributed by atoms with Crippen molar-refractivity contribution >= 4 is 6.21 Å². The van der Waals surface area contributed by atoms with Gasteiger partial charge in [-0.1, -0.05) is 0 Å². The molecule has 4 heteroatoms. The topological polar surface area (TPSA) is 32.6 Å². The van der Waals surface area contributed by atoms with Gasteiger partial charge in [-0.05, 0) is 18.9 Å². The van der Waals surface area contributed by atoms with Crippen molar-refractivity contribution in [2.75, 3.05) is 0 Å². The van der Waals surface area contributed by atoms with Gasteiger partial charge < -0.3 is 5.11 Å². The number of rotatable bonds is 2. The first-order valence-electron chi connectivity index (χ1n) is 4.38. The first kappa shape index (κ1) is 9.12. The van der Waals surface area contributed by atoms with Crippen LogP contribution in [0.2, 0.25) is 0 Å². The van der Waals surface area contributed by atoms with Crippen LogP contribution in [0.3, 0.4) is 0 Å². The molecule has 0 aromatic heterocycles. The number of hydrogen-bond acceptors (Lipinski definition) is 2. The quantitative estimate of drug-likeness (QED) is 0.724. The van der Waals surface area contributed by atoms with Crippen LogP contribution < -0.4 is 0 Å². The Bertz CT molecular complexity index is 386. The first-order chi connectivity index (χ1) is 6.66. The molecule has 1 aromatic carbocycles. The molecule has 1 aromatic rings. The van der Waals surface area contributed by atoms with E-state index in [1.54, 1.807) is 0 Å². The zero-order valence-electron chi connectivity index (χ0n) is 7.37. The van der Waals surface area contributed by atoms with Crippen LogP contribution in [0.5, 0.6) is 5.75 Å². The molecule has 1 fully saturated rings. The predicted molar refractivity (Wildman–Crippen MR) is 48.6 cm³/mol. The van der Waals surface area contributed by atoms with E-state index in [-0.39, 0.29) is 11.6 Å².